The van der Waals surface area contributed by atoms with Gasteiger partial charge in [-0.3, -0.25) is 25.2 Å². The van der Waals surface area contributed by atoms with Crippen molar-refractivity contribution in [3.63, 3.8) is 0 Å². The molecule has 1 aromatic heterocycles. The molecule has 0 saturated heterocycles. The number of carbonyl (C=O) groups is 3. The van der Waals surface area contributed by atoms with E-state index in [0.717, 1.165) is 18.4 Å². The molecule has 0 atom stereocenters. The Morgan fingerprint density at radius 2 is 1.88 bits per heavy atom. The van der Waals surface area contributed by atoms with E-state index < -0.39 is 17.7 Å². The van der Waals surface area contributed by atoms with Gasteiger partial charge in [0, 0.05) is 17.0 Å². The monoisotopic (exact) mass is 364 g/mol. The standard InChI is InChI=1S/C15H13ClN4O3S/c16-10-4-2-1-3-9(10)15-18-11(7-24-15)12(21)19-20-14(23)13(22)17-8-5-6-8/h1-4,7-8H,5-6H2,(H,17,22)(H,19,21)(H,20,23). The highest BCUT2D eigenvalue weighted by molar-refractivity contribution is 7.13. The lowest BCUT2D eigenvalue weighted by Crippen LogP contribution is -2.49. The molecule has 3 N–H and O–H groups in total. The van der Waals surface area contributed by atoms with Crippen LogP contribution in [0, 0.1) is 0 Å². The second-order valence-electron chi connectivity index (χ2n) is 5.17. The molecule has 1 heterocycles. The van der Waals surface area contributed by atoms with E-state index in [1.54, 1.807) is 23.6 Å². The van der Waals surface area contributed by atoms with Crippen LogP contribution in [0.1, 0.15) is 23.3 Å². The minimum absolute atomic E-state index is 0.0654. The predicted octanol–water partition coefficient (Wildman–Crippen LogP) is 1.50. The molecule has 1 saturated carbocycles. The van der Waals surface area contributed by atoms with Gasteiger partial charge in [0.25, 0.3) is 5.91 Å². The number of nitrogens with one attached hydrogen (secondary N) is 3. The summed E-state index contributed by atoms with van der Waals surface area (Å²) in [5.41, 5.74) is 5.07. The largest absolute Gasteiger partial charge is 0.345 e. The molecule has 3 amide bonds. The van der Waals surface area contributed by atoms with Crippen LogP contribution in [-0.4, -0.2) is 28.7 Å². The second kappa shape index (κ2) is 6.98. The molecule has 24 heavy (non-hydrogen) atoms. The summed E-state index contributed by atoms with van der Waals surface area (Å²) >= 11 is 7.35. The summed E-state index contributed by atoms with van der Waals surface area (Å²) in [6, 6.07) is 7.22. The number of aromatic nitrogens is 1. The minimum atomic E-state index is -0.920. The van der Waals surface area contributed by atoms with Gasteiger partial charge in [-0.25, -0.2) is 4.98 Å². The molecule has 9 heteroatoms. The van der Waals surface area contributed by atoms with Gasteiger partial charge in [0.15, 0.2) is 0 Å². The smallest absolute Gasteiger partial charge is 0.327 e. The van der Waals surface area contributed by atoms with Gasteiger partial charge in [0.1, 0.15) is 10.7 Å². The third kappa shape index (κ3) is 3.90. The molecule has 124 valence electrons. The number of nitrogens with zero attached hydrogens (tertiary/aromatic N) is 1. The Morgan fingerprint density at radius 1 is 1.12 bits per heavy atom. The van der Waals surface area contributed by atoms with Gasteiger partial charge < -0.3 is 5.32 Å². The summed E-state index contributed by atoms with van der Waals surface area (Å²) in [4.78, 5) is 39.2. The third-order valence-electron chi connectivity index (χ3n) is 3.25. The Hall–Kier alpha value is -2.45. The first-order valence-electron chi connectivity index (χ1n) is 7.16. The number of amides is 3. The van der Waals surface area contributed by atoms with E-state index in [-0.39, 0.29) is 11.7 Å². The molecule has 0 spiro atoms. The van der Waals surface area contributed by atoms with E-state index in [9.17, 15) is 14.4 Å². The van der Waals surface area contributed by atoms with Crippen molar-refractivity contribution in [2.45, 2.75) is 18.9 Å². The maximum Gasteiger partial charge on any atom is 0.327 e. The van der Waals surface area contributed by atoms with E-state index in [1.165, 1.54) is 11.3 Å². The molecule has 1 aliphatic rings. The van der Waals surface area contributed by atoms with E-state index in [1.807, 2.05) is 6.07 Å². The highest BCUT2D eigenvalue weighted by atomic mass is 35.5. The molecular formula is C15H13ClN4O3S. The number of rotatable bonds is 3. The van der Waals surface area contributed by atoms with Crippen LogP contribution in [0.25, 0.3) is 10.6 Å². The number of thiazole rings is 1. The lowest BCUT2D eigenvalue weighted by atomic mass is 10.2. The van der Waals surface area contributed by atoms with Crippen LogP contribution in [0.4, 0.5) is 0 Å². The van der Waals surface area contributed by atoms with Crippen molar-refractivity contribution in [2.24, 2.45) is 0 Å². The molecule has 0 unspecified atom stereocenters. The fourth-order valence-electron chi connectivity index (χ4n) is 1.85. The maximum atomic E-state index is 12.0. The van der Waals surface area contributed by atoms with Crippen LogP contribution in [0.15, 0.2) is 29.6 Å². The molecule has 2 aromatic rings. The molecular weight excluding hydrogens is 352 g/mol. The molecule has 1 fully saturated rings. The van der Waals surface area contributed by atoms with Crippen LogP contribution >= 0.6 is 22.9 Å². The fourth-order valence-corrected chi connectivity index (χ4v) is 2.97. The van der Waals surface area contributed by atoms with Gasteiger partial charge >= 0.3 is 11.8 Å². The summed E-state index contributed by atoms with van der Waals surface area (Å²) in [5, 5.41) is 5.18. The number of hydrogen-bond donors (Lipinski definition) is 3. The number of hydrazine groups is 1. The van der Waals surface area contributed by atoms with E-state index in [4.69, 9.17) is 11.6 Å². The average molecular weight is 365 g/mol. The number of halogens is 1. The van der Waals surface area contributed by atoms with Crippen LogP contribution in [0.5, 0.6) is 0 Å². The highest BCUT2D eigenvalue weighted by Crippen LogP contribution is 2.29. The molecule has 3 rings (SSSR count). The summed E-state index contributed by atoms with van der Waals surface area (Å²) in [6.45, 7) is 0. The molecule has 0 radical (unpaired) electrons. The van der Waals surface area contributed by atoms with Gasteiger partial charge in [0.2, 0.25) is 0 Å². The van der Waals surface area contributed by atoms with Crippen molar-refractivity contribution in [3.8, 4) is 10.6 Å². The maximum absolute atomic E-state index is 12.0. The first-order chi connectivity index (χ1) is 11.5. The van der Waals surface area contributed by atoms with Gasteiger partial charge in [-0.15, -0.1) is 11.3 Å². The van der Waals surface area contributed by atoms with Crippen molar-refractivity contribution >= 4 is 40.7 Å². The number of benzene rings is 1. The number of carbonyl (C=O) groups excluding carboxylic acids is 3. The molecule has 7 nitrogen and oxygen atoms in total. The van der Waals surface area contributed by atoms with Crippen molar-refractivity contribution in [1.82, 2.24) is 21.2 Å². The Balaban J connectivity index is 1.58. The topological polar surface area (TPSA) is 100 Å². The lowest BCUT2D eigenvalue weighted by Gasteiger charge is -2.06. The Bertz CT molecular complexity index is 804. The Labute approximate surface area is 146 Å². The van der Waals surface area contributed by atoms with E-state index >= 15 is 0 Å². The van der Waals surface area contributed by atoms with Crippen LogP contribution in [-0.2, 0) is 9.59 Å². The van der Waals surface area contributed by atoms with Crippen molar-refractivity contribution < 1.29 is 14.4 Å². The molecule has 0 bridgehead atoms. The van der Waals surface area contributed by atoms with E-state index in [2.05, 4.69) is 21.2 Å². The zero-order valence-electron chi connectivity index (χ0n) is 12.3. The fraction of sp³-hybridized carbons (Fsp3) is 0.200. The predicted molar refractivity (Wildman–Crippen MR) is 89.3 cm³/mol. The minimum Gasteiger partial charge on any atom is -0.345 e. The summed E-state index contributed by atoms with van der Waals surface area (Å²) in [6.07, 6.45) is 1.74. The summed E-state index contributed by atoms with van der Waals surface area (Å²) in [7, 11) is 0. The molecule has 1 aliphatic carbocycles. The van der Waals surface area contributed by atoms with Crippen LogP contribution in [0.2, 0.25) is 5.02 Å². The van der Waals surface area contributed by atoms with Crippen molar-refractivity contribution in [1.29, 1.82) is 0 Å². The second-order valence-corrected chi connectivity index (χ2v) is 6.44. The lowest BCUT2D eigenvalue weighted by molar-refractivity contribution is -0.139. The first-order valence-corrected chi connectivity index (χ1v) is 8.42. The van der Waals surface area contributed by atoms with Crippen LogP contribution in [0.3, 0.4) is 0 Å². The zero-order chi connectivity index (χ0) is 17.1. The summed E-state index contributed by atoms with van der Waals surface area (Å²) in [5.74, 6) is -2.30. The normalized spacial score (nSPS) is 13.2. The van der Waals surface area contributed by atoms with Gasteiger partial charge in [-0.2, -0.15) is 0 Å². The van der Waals surface area contributed by atoms with Crippen LogP contribution < -0.4 is 16.2 Å². The SMILES string of the molecule is O=C(NNC(=O)c1csc(-c2ccccc2Cl)n1)C(=O)NC1CC1. The van der Waals surface area contributed by atoms with Gasteiger partial charge in [-0.1, -0.05) is 29.8 Å². The Kier molecular flexibility index (Phi) is 4.77. The van der Waals surface area contributed by atoms with Gasteiger partial charge in [0.05, 0.1) is 5.02 Å². The van der Waals surface area contributed by atoms with Crippen molar-refractivity contribution in [2.75, 3.05) is 0 Å². The highest BCUT2D eigenvalue weighted by Gasteiger charge is 2.26. The summed E-state index contributed by atoms with van der Waals surface area (Å²) < 4.78 is 0. The van der Waals surface area contributed by atoms with Crippen molar-refractivity contribution in [3.05, 3.63) is 40.4 Å². The molecule has 0 aliphatic heterocycles. The molecule has 1 aromatic carbocycles. The van der Waals surface area contributed by atoms with E-state index in [0.29, 0.717) is 10.0 Å². The third-order valence-corrected chi connectivity index (χ3v) is 4.45. The zero-order valence-corrected chi connectivity index (χ0v) is 13.9. The average Bonchev–Trinajstić information content (AvgIpc) is 3.25. The first kappa shape index (κ1) is 16.4. The number of hydrogen-bond acceptors (Lipinski definition) is 5. The Morgan fingerprint density at radius 3 is 2.58 bits per heavy atom. The quantitative estimate of drug-likeness (QED) is 0.567. The van der Waals surface area contributed by atoms with Gasteiger partial charge in [-0.05, 0) is 18.9 Å².